The van der Waals surface area contributed by atoms with E-state index < -0.39 is 5.97 Å². The second-order valence-electron chi connectivity index (χ2n) is 6.12. The molecule has 0 aliphatic heterocycles. The molecular formula is C22H15ClO2. The second kappa shape index (κ2) is 6.23. The highest BCUT2D eigenvalue weighted by Crippen LogP contribution is 2.36. The van der Waals surface area contributed by atoms with Crippen molar-refractivity contribution >= 4 is 29.2 Å². The number of hydrogen-bond acceptors (Lipinski definition) is 1. The van der Waals surface area contributed by atoms with E-state index >= 15 is 0 Å². The van der Waals surface area contributed by atoms with Crippen molar-refractivity contribution in [2.45, 2.75) is 6.42 Å². The van der Waals surface area contributed by atoms with Crippen molar-refractivity contribution in [3.63, 3.8) is 0 Å². The highest BCUT2D eigenvalue weighted by Gasteiger charge is 2.21. The topological polar surface area (TPSA) is 37.3 Å². The fourth-order valence-corrected chi connectivity index (χ4v) is 3.53. The first-order chi connectivity index (χ1) is 12.1. The van der Waals surface area contributed by atoms with E-state index in [0.29, 0.717) is 11.4 Å². The van der Waals surface area contributed by atoms with Crippen molar-refractivity contribution < 1.29 is 9.90 Å². The highest BCUT2D eigenvalue weighted by atomic mass is 35.5. The van der Waals surface area contributed by atoms with Gasteiger partial charge in [-0.3, -0.25) is 0 Å². The molecule has 0 fully saturated rings. The van der Waals surface area contributed by atoms with Gasteiger partial charge in [0.1, 0.15) is 0 Å². The lowest BCUT2D eigenvalue weighted by atomic mass is 9.99. The Kier molecular flexibility index (Phi) is 3.90. The number of carbonyl (C=O) groups is 1. The van der Waals surface area contributed by atoms with Crippen LogP contribution in [0, 0.1) is 0 Å². The first-order valence-electron chi connectivity index (χ1n) is 8.04. The van der Waals surface area contributed by atoms with Crippen LogP contribution >= 0.6 is 11.6 Å². The maximum atomic E-state index is 11.5. The van der Waals surface area contributed by atoms with Crippen molar-refractivity contribution in [1.82, 2.24) is 0 Å². The summed E-state index contributed by atoms with van der Waals surface area (Å²) in [6.45, 7) is 0. The van der Waals surface area contributed by atoms with Gasteiger partial charge in [-0.15, -0.1) is 0 Å². The summed E-state index contributed by atoms with van der Waals surface area (Å²) in [5, 5.41) is 9.87. The molecule has 1 N–H and O–H groups in total. The van der Waals surface area contributed by atoms with Crippen LogP contribution < -0.4 is 0 Å². The predicted molar refractivity (Wildman–Crippen MR) is 102 cm³/mol. The Bertz CT molecular complexity index is 987. The van der Waals surface area contributed by atoms with Crippen LogP contribution in [0.25, 0.3) is 22.8 Å². The smallest absolute Gasteiger partial charge is 0.336 e. The van der Waals surface area contributed by atoms with Crippen molar-refractivity contribution in [2.75, 3.05) is 0 Å². The van der Waals surface area contributed by atoms with Crippen LogP contribution in [0.4, 0.5) is 0 Å². The molecule has 122 valence electrons. The Hall–Kier alpha value is -2.84. The molecule has 0 unspecified atom stereocenters. The molecule has 0 atom stereocenters. The second-order valence-corrected chi connectivity index (χ2v) is 6.56. The summed E-state index contributed by atoms with van der Waals surface area (Å²) < 4.78 is 0. The molecule has 0 aromatic heterocycles. The lowest BCUT2D eigenvalue weighted by molar-refractivity contribution is 0.0696. The first-order valence-corrected chi connectivity index (χ1v) is 8.42. The summed E-state index contributed by atoms with van der Waals surface area (Å²) in [5.41, 5.74) is 6.54. The normalized spacial score (nSPS) is 12.6. The fraction of sp³-hybridized carbons (Fsp3) is 0.0455. The van der Waals surface area contributed by atoms with E-state index in [1.54, 1.807) is 0 Å². The minimum atomic E-state index is -0.948. The molecule has 1 aliphatic carbocycles. The average molecular weight is 347 g/mol. The van der Waals surface area contributed by atoms with Gasteiger partial charge in [-0.05, 0) is 58.0 Å². The quantitative estimate of drug-likeness (QED) is 0.650. The molecule has 0 saturated carbocycles. The van der Waals surface area contributed by atoms with Gasteiger partial charge in [-0.2, -0.15) is 0 Å². The number of allylic oxidation sites excluding steroid dienone is 1. The Morgan fingerprint density at radius 1 is 0.880 bits per heavy atom. The van der Waals surface area contributed by atoms with Gasteiger partial charge in [-0.1, -0.05) is 66.2 Å². The molecular weight excluding hydrogens is 332 g/mol. The molecule has 3 aromatic carbocycles. The third-order valence-electron chi connectivity index (χ3n) is 4.52. The van der Waals surface area contributed by atoms with E-state index in [-0.39, 0.29) is 5.56 Å². The van der Waals surface area contributed by atoms with Gasteiger partial charge in [-0.25, -0.2) is 4.79 Å². The van der Waals surface area contributed by atoms with Crippen molar-refractivity contribution in [3.8, 4) is 11.1 Å². The molecule has 0 amide bonds. The van der Waals surface area contributed by atoms with Crippen LogP contribution in [0.5, 0.6) is 0 Å². The van der Waals surface area contributed by atoms with E-state index in [2.05, 4.69) is 36.4 Å². The molecule has 3 aromatic rings. The van der Waals surface area contributed by atoms with Gasteiger partial charge in [0, 0.05) is 5.02 Å². The Morgan fingerprint density at radius 3 is 2.20 bits per heavy atom. The van der Waals surface area contributed by atoms with Crippen molar-refractivity contribution in [1.29, 1.82) is 0 Å². The summed E-state index contributed by atoms with van der Waals surface area (Å²) in [5.74, 6) is -0.948. The molecule has 0 radical (unpaired) electrons. The lowest BCUT2D eigenvalue weighted by Gasteiger charge is -2.06. The van der Waals surface area contributed by atoms with Crippen molar-refractivity contribution in [3.05, 3.63) is 94.0 Å². The molecule has 2 nitrogen and oxygen atoms in total. The minimum Gasteiger partial charge on any atom is -0.478 e. The van der Waals surface area contributed by atoms with Gasteiger partial charge in [0.15, 0.2) is 0 Å². The number of hydrogen-bond donors (Lipinski definition) is 1. The summed E-state index contributed by atoms with van der Waals surface area (Å²) in [7, 11) is 0. The zero-order valence-corrected chi connectivity index (χ0v) is 14.1. The number of carboxylic acid groups (broad SMARTS) is 1. The van der Waals surface area contributed by atoms with Crippen LogP contribution in [0.3, 0.4) is 0 Å². The SMILES string of the molecule is O=C(O)c1cc(Cl)cc2c1C=C(c1ccc(-c3ccccc3)cc1)C2. The van der Waals surface area contributed by atoms with Crippen LogP contribution in [0.2, 0.25) is 5.02 Å². The Balaban J connectivity index is 1.68. The highest BCUT2D eigenvalue weighted by molar-refractivity contribution is 6.31. The molecule has 0 saturated heterocycles. The maximum Gasteiger partial charge on any atom is 0.336 e. The summed E-state index contributed by atoms with van der Waals surface area (Å²) in [4.78, 5) is 11.5. The number of fused-ring (bicyclic) bond motifs is 1. The van der Waals surface area contributed by atoms with Crippen LogP contribution in [-0.2, 0) is 6.42 Å². The molecule has 1 aliphatic rings. The molecule has 4 rings (SSSR count). The molecule has 25 heavy (non-hydrogen) atoms. The number of benzene rings is 3. The van der Waals surface area contributed by atoms with E-state index in [4.69, 9.17) is 11.6 Å². The van der Waals surface area contributed by atoms with E-state index in [9.17, 15) is 9.90 Å². The fourth-order valence-electron chi connectivity index (χ4n) is 3.29. The van der Waals surface area contributed by atoms with E-state index in [0.717, 1.165) is 27.8 Å². The molecule has 0 spiro atoms. The summed E-state index contributed by atoms with van der Waals surface area (Å²) >= 11 is 6.07. The van der Waals surface area contributed by atoms with Crippen LogP contribution in [0.1, 0.15) is 27.0 Å². The number of carboxylic acids is 1. The minimum absolute atomic E-state index is 0.262. The van der Waals surface area contributed by atoms with E-state index in [1.807, 2.05) is 30.3 Å². The monoisotopic (exact) mass is 346 g/mol. The standard InChI is InChI=1S/C22H15ClO2/c23-19-11-18-10-17(12-20(18)21(13-19)22(24)25)16-8-6-15(7-9-16)14-4-2-1-3-5-14/h1-9,11-13H,10H2,(H,24,25). The first kappa shape index (κ1) is 15.7. The number of aromatic carboxylic acids is 1. The van der Waals surface area contributed by atoms with Crippen molar-refractivity contribution in [2.24, 2.45) is 0 Å². The third kappa shape index (κ3) is 2.97. The zero-order valence-electron chi connectivity index (χ0n) is 13.4. The van der Waals surface area contributed by atoms with Gasteiger partial charge in [0.2, 0.25) is 0 Å². The maximum absolute atomic E-state index is 11.5. The number of halogens is 1. The molecule has 0 heterocycles. The number of rotatable bonds is 3. The Labute approximate surface area is 151 Å². The Morgan fingerprint density at radius 2 is 1.52 bits per heavy atom. The van der Waals surface area contributed by atoms with Crippen LogP contribution in [0.15, 0.2) is 66.7 Å². The largest absolute Gasteiger partial charge is 0.478 e. The van der Waals surface area contributed by atoms with Gasteiger partial charge in [0.05, 0.1) is 5.56 Å². The third-order valence-corrected chi connectivity index (χ3v) is 4.74. The van der Waals surface area contributed by atoms with E-state index in [1.165, 1.54) is 11.6 Å². The molecule has 0 bridgehead atoms. The van der Waals surface area contributed by atoms with Gasteiger partial charge in [0.25, 0.3) is 0 Å². The lowest BCUT2D eigenvalue weighted by Crippen LogP contribution is -2.00. The van der Waals surface area contributed by atoms with Crippen LogP contribution in [-0.4, -0.2) is 11.1 Å². The summed E-state index contributed by atoms with van der Waals surface area (Å²) in [6.07, 6.45) is 2.66. The predicted octanol–water partition coefficient (Wildman–Crippen LogP) is 5.80. The zero-order chi connectivity index (χ0) is 17.4. The average Bonchev–Trinajstić information content (AvgIpc) is 3.05. The van der Waals surface area contributed by atoms with Gasteiger partial charge < -0.3 is 5.11 Å². The summed E-state index contributed by atoms with van der Waals surface area (Å²) in [6, 6.07) is 22.0. The molecule has 3 heteroatoms. The van der Waals surface area contributed by atoms with Gasteiger partial charge >= 0.3 is 5.97 Å².